The molecular weight excluding hydrogens is 260 g/mol. The molecule has 1 aromatic rings. The molecule has 1 saturated heterocycles. The molecule has 5 heteroatoms. The first-order valence-electron chi connectivity index (χ1n) is 6.29. The summed E-state index contributed by atoms with van der Waals surface area (Å²) in [5.41, 5.74) is 1.95. The fourth-order valence-corrected chi connectivity index (χ4v) is 3.64. The second-order valence-electron chi connectivity index (χ2n) is 4.91. The van der Waals surface area contributed by atoms with Gasteiger partial charge in [-0.25, -0.2) is 4.99 Å². The minimum atomic E-state index is -0.899. The van der Waals surface area contributed by atoms with Gasteiger partial charge in [0, 0.05) is 6.42 Å². The molecular formula is C14H14N2O2S. The lowest BCUT2D eigenvalue weighted by atomic mass is 10.1. The van der Waals surface area contributed by atoms with Gasteiger partial charge in [0.05, 0.1) is 5.69 Å². The number of thioether (sulfide) groups is 1. The Bertz CT molecular complexity index is 580. The van der Waals surface area contributed by atoms with Gasteiger partial charge in [-0.2, -0.15) is 0 Å². The highest BCUT2D eigenvalue weighted by molar-refractivity contribution is 8.17. The summed E-state index contributed by atoms with van der Waals surface area (Å²) in [6.45, 7) is 2.01. The van der Waals surface area contributed by atoms with Crippen molar-refractivity contribution in [2.45, 2.75) is 30.9 Å². The molecule has 2 fully saturated rings. The molecule has 3 rings (SSSR count). The van der Waals surface area contributed by atoms with Gasteiger partial charge < -0.3 is 5.32 Å². The van der Waals surface area contributed by atoms with Gasteiger partial charge in [-0.1, -0.05) is 29.5 Å². The number of nitrogens with zero attached hydrogens (tertiary/aromatic N) is 1. The quantitative estimate of drug-likeness (QED) is 0.800. The lowest BCUT2D eigenvalue weighted by molar-refractivity contribution is -0.128. The Morgan fingerprint density at radius 2 is 2.00 bits per heavy atom. The van der Waals surface area contributed by atoms with Crippen molar-refractivity contribution in [1.29, 1.82) is 0 Å². The summed E-state index contributed by atoms with van der Waals surface area (Å²) in [4.78, 5) is 28.3. The van der Waals surface area contributed by atoms with Crippen LogP contribution in [-0.4, -0.2) is 21.6 Å². The van der Waals surface area contributed by atoms with E-state index in [2.05, 4.69) is 10.3 Å². The Morgan fingerprint density at radius 1 is 1.26 bits per heavy atom. The van der Waals surface area contributed by atoms with Gasteiger partial charge in [0.2, 0.25) is 5.91 Å². The van der Waals surface area contributed by atoms with Crippen LogP contribution in [0.2, 0.25) is 0 Å². The van der Waals surface area contributed by atoms with Gasteiger partial charge in [0.1, 0.15) is 0 Å². The van der Waals surface area contributed by atoms with Crippen molar-refractivity contribution in [3.63, 3.8) is 0 Å². The molecule has 19 heavy (non-hydrogen) atoms. The normalized spacial score (nSPS) is 28.4. The first-order valence-corrected chi connectivity index (χ1v) is 7.11. The summed E-state index contributed by atoms with van der Waals surface area (Å²) >= 11 is 1.28. The summed E-state index contributed by atoms with van der Waals surface area (Å²) in [5.74, 6) is -0.171. The Labute approximate surface area is 115 Å². The molecule has 1 unspecified atom stereocenters. The topological polar surface area (TPSA) is 58.5 Å². The number of benzene rings is 1. The number of carbonyl (C=O) groups is 2. The van der Waals surface area contributed by atoms with E-state index in [-0.39, 0.29) is 11.7 Å². The van der Waals surface area contributed by atoms with Crippen LogP contribution < -0.4 is 5.32 Å². The van der Waals surface area contributed by atoms with Crippen molar-refractivity contribution < 1.29 is 9.59 Å². The standard InChI is InChI=1S/C14H14N2O2S/c1-9-4-6-10(7-5-9)15-13-16-12(18)14(19-13)8-2-3-11(14)17/h4-7H,2-3,8H2,1H3,(H,15,16,18). The number of amidine groups is 1. The van der Waals surface area contributed by atoms with Crippen LogP contribution in [0.1, 0.15) is 24.8 Å². The minimum absolute atomic E-state index is 0.0316. The summed E-state index contributed by atoms with van der Waals surface area (Å²) in [5, 5.41) is 3.26. The first kappa shape index (κ1) is 12.4. The zero-order valence-electron chi connectivity index (χ0n) is 10.6. The van der Waals surface area contributed by atoms with Crippen LogP contribution in [0.25, 0.3) is 0 Å². The lowest BCUT2D eigenvalue weighted by Crippen LogP contribution is -2.39. The average molecular weight is 274 g/mol. The smallest absolute Gasteiger partial charge is 0.250 e. The van der Waals surface area contributed by atoms with Crippen molar-refractivity contribution in [2.75, 3.05) is 0 Å². The van der Waals surface area contributed by atoms with Crippen LogP contribution in [0, 0.1) is 6.92 Å². The molecule has 1 heterocycles. The number of hydrogen-bond donors (Lipinski definition) is 1. The monoisotopic (exact) mass is 274 g/mol. The molecule has 2 aliphatic rings. The molecule has 98 valence electrons. The van der Waals surface area contributed by atoms with Gasteiger partial charge in [0.15, 0.2) is 15.7 Å². The van der Waals surface area contributed by atoms with E-state index in [1.807, 2.05) is 31.2 Å². The molecule has 0 bridgehead atoms. The molecule has 1 saturated carbocycles. The van der Waals surface area contributed by atoms with E-state index < -0.39 is 4.75 Å². The largest absolute Gasteiger partial charge is 0.303 e. The molecule has 1 atom stereocenters. The van der Waals surface area contributed by atoms with Gasteiger partial charge in [-0.05, 0) is 31.9 Å². The number of amides is 1. The van der Waals surface area contributed by atoms with Crippen LogP contribution in [0.15, 0.2) is 29.3 Å². The zero-order valence-corrected chi connectivity index (χ0v) is 11.4. The molecule has 4 nitrogen and oxygen atoms in total. The summed E-state index contributed by atoms with van der Waals surface area (Å²) in [7, 11) is 0. The maximum atomic E-state index is 12.0. The number of carbonyl (C=O) groups excluding carboxylic acids is 2. The lowest BCUT2D eigenvalue weighted by Gasteiger charge is -2.13. The maximum absolute atomic E-state index is 12.0. The predicted molar refractivity (Wildman–Crippen MR) is 75.6 cm³/mol. The number of nitrogens with one attached hydrogen (secondary N) is 1. The maximum Gasteiger partial charge on any atom is 0.250 e. The Morgan fingerprint density at radius 3 is 2.63 bits per heavy atom. The van der Waals surface area contributed by atoms with Crippen LogP contribution >= 0.6 is 11.8 Å². The molecule has 0 radical (unpaired) electrons. The van der Waals surface area contributed by atoms with Crippen molar-refractivity contribution in [2.24, 2.45) is 4.99 Å². The highest BCUT2D eigenvalue weighted by Gasteiger charge is 2.54. The second-order valence-corrected chi connectivity index (χ2v) is 6.20. The molecule has 1 amide bonds. The number of Topliss-reactive ketones (excluding diaryl/α,β-unsaturated/α-hetero) is 1. The van der Waals surface area contributed by atoms with E-state index in [0.29, 0.717) is 18.0 Å². The highest BCUT2D eigenvalue weighted by Crippen LogP contribution is 2.43. The second kappa shape index (κ2) is 4.49. The van der Waals surface area contributed by atoms with Gasteiger partial charge in [-0.15, -0.1) is 0 Å². The van der Waals surface area contributed by atoms with Crippen LogP contribution in [0.4, 0.5) is 5.69 Å². The zero-order chi connectivity index (χ0) is 13.5. The Hall–Kier alpha value is -1.62. The SMILES string of the molecule is Cc1ccc(N=C2NC(=O)C3(CCCC3=O)S2)cc1. The summed E-state index contributed by atoms with van der Waals surface area (Å²) < 4.78 is -0.899. The Kier molecular flexibility index (Phi) is 2.93. The molecule has 1 aromatic carbocycles. The highest BCUT2D eigenvalue weighted by atomic mass is 32.2. The number of aryl methyl sites for hydroxylation is 1. The number of rotatable bonds is 1. The van der Waals surface area contributed by atoms with E-state index in [1.165, 1.54) is 11.8 Å². The predicted octanol–water partition coefficient (Wildman–Crippen LogP) is 2.34. The van der Waals surface area contributed by atoms with Crippen LogP contribution in [-0.2, 0) is 9.59 Å². The van der Waals surface area contributed by atoms with Gasteiger partial charge >= 0.3 is 0 Å². The third-order valence-electron chi connectivity index (χ3n) is 3.51. The number of ketones is 1. The van der Waals surface area contributed by atoms with E-state index in [0.717, 1.165) is 17.7 Å². The van der Waals surface area contributed by atoms with Crippen molar-refractivity contribution >= 4 is 34.3 Å². The first-order chi connectivity index (χ1) is 9.10. The van der Waals surface area contributed by atoms with E-state index in [9.17, 15) is 9.59 Å². The fourth-order valence-electron chi connectivity index (χ4n) is 2.41. The minimum Gasteiger partial charge on any atom is -0.303 e. The molecule has 1 aliphatic carbocycles. The molecule has 1 N–H and O–H groups in total. The van der Waals surface area contributed by atoms with Crippen LogP contribution in [0.3, 0.4) is 0 Å². The van der Waals surface area contributed by atoms with Gasteiger partial charge in [-0.3, -0.25) is 9.59 Å². The van der Waals surface area contributed by atoms with Crippen molar-refractivity contribution in [3.8, 4) is 0 Å². The van der Waals surface area contributed by atoms with E-state index >= 15 is 0 Å². The third kappa shape index (κ3) is 2.08. The average Bonchev–Trinajstić information content (AvgIpc) is 2.89. The van der Waals surface area contributed by atoms with E-state index in [4.69, 9.17) is 0 Å². The van der Waals surface area contributed by atoms with E-state index in [1.54, 1.807) is 0 Å². The van der Waals surface area contributed by atoms with Crippen molar-refractivity contribution in [3.05, 3.63) is 29.8 Å². The molecule has 0 aromatic heterocycles. The van der Waals surface area contributed by atoms with Gasteiger partial charge in [0.25, 0.3) is 0 Å². The van der Waals surface area contributed by atoms with Crippen LogP contribution in [0.5, 0.6) is 0 Å². The fraction of sp³-hybridized carbons (Fsp3) is 0.357. The molecule has 1 spiro atoms. The third-order valence-corrected chi connectivity index (χ3v) is 4.86. The molecule has 1 aliphatic heterocycles. The van der Waals surface area contributed by atoms with Crippen molar-refractivity contribution in [1.82, 2.24) is 5.32 Å². The summed E-state index contributed by atoms with van der Waals surface area (Å²) in [6.07, 6.45) is 1.91. The number of aliphatic imine (C=N–C) groups is 1. The number of hydrogen-bond acceptors (Lipinski definition) is 4. The summed E-state index contributed by atoms with van der Waals surface area (Å²) in [6, 6.07) is 7.74. The Balaban J connectivity index is 1.87.